The van der Waals surface area contributed by atoms with Crippen LogP contribution in [-0.2, 0) is 35.3 Å². The van der Waals surface area contributed by atoms with Crippen LogP contribution in [0.4, 0.5) is 0 Å². The smallest absolute Gasteiger partial charge is 0.310 e. The number of carbonyl (C=O) groups is 5. The fraction of sp³-hybridized carbons (Fsp3) is 0.545. The van der Waals surface area contributed by atoms with E-state index in [1.54, 1.807) is 13.8 Å². The van der Waals surface area contributed by atoms with Crippen LogP contribution in [0.2, 0.25) is 0 Å². The van der Waals surface area contributed by atoms with Crippen LogP contribution in [0, 0.1) is 15.8 Å². The molecular formula is C22H30N2O9S2. The number of ketones is 1. The molecule has 11 nitrogen and oxygen atoms in total. The third-order valence-corrected chi connectivity index (χ3v) is 6.26. The van der Waals surface area contributed by atoms with Crippen LogP contribution >= 0.6 is 23.6 Å². The van der Waals surface area contributed by atoms with Crippen LogP contribution < -0.4 is 5.32 Å². The van der Waals surface area contributed by atoms with Gasteiger partial charge < -0.3 is 30.2 Å². The summed E-state index contributed by atoms with van der Waals surface area (Å²) < 4.78 is 6.77. The van der Waals surface area contributed by atoms with E-state index in [0.717, 1.165) is 11.3 Å². The van der Waals surface area contributed by atoms with Crippen LogP contribution in [0.15, 0.2) is 5.70 Å². The first-order valence-corrected chi connectivity index (χ1v) is 12.0. The van der Waals surface area contributed by atoms with Crippen molar-refractivity contribution in [3.8, 4) is 5.88 Å². The molecule has 4 N–H and O–H groups in total. The Kier molecular flexibility index (Phi) is 11.8. The summed E-state index contributed by atoms with van der Waals surface area (Å²) in [4.78, 5) is 58.7. The first-order valence-electron chi connectivity index (χ1n) is 10.8. The molecular weight excluding hydrogens is 500 g/mol. The zero-order valence-corrected chi connectivity index (χ0v) is 21.5. The third-order valence-electron chi connectivity index (χ3n) is 4.87. The van der Waals surface area contributed by atoms with E-state index >= 15 is 0 Å². The molecule has 0 fully saturated rings. The van der Waals surface area contributed by atoms with Crippen molar-refractivity contribution in [1.82, 2.24) is 9.88 Å². The van der Waals surface area contributed by atoms with E-state index in [1.165, 1.54) is 24.5 Å². The molecule has 0 saturated heterocycles. The number of carboxylic acids is 2. The maximum absolute atomic E-state index is 12.6. The number of hydrogen-bond acceptors (Lipinski definition) is 9. The van der Waals surface area contributed by atoms with Gasteiger partial charge in [-0.05, 0) is 44.5 Å². The zero-order chi connectivity index (χ0) is 26.9. The number of amides is 1. The monoisotopic (exact) mass is 530 g/mol. The minimum atomic E-state index is -1.28. The quantitative estimate of drug-likeness (QED) is 0.207. The molecule has 1 amide bonds. The highest BCUT2D eigenvalue weighted by atomic mass is 32.1. The Balaban J connectivity index is 3.04. The van der Waals surface area contributed by atoms with Crippen molar-refractivity contribution in [2.24, 2.45) is 11.8 Å². The van der Waals surface area contributed by atoms with Crippen molar-refractivity contribution in [2.75, 3.05) is 0 Å². The Morgan fingerprint density at radius 2 is 1.77 bits per heavy atom. The molecule has 0 radical (unpaired) electrons. The first-order chi connectivity index (χ1) is 16.2. The van der Waals surface area contributed by atoms with Gasteiger partial charge in [0.25, 0.3) is 5.91 Å². The largest absolute Gasteiger partial charge is 0.493 e. The molecule has 1 heterocycles. The second kappa shape index (κ2) is 13.7. The highest BCUT2D eigenvalue weighted by molar-refractivity contribution is 7.73. The second-order valence-corrected chi connectivity index (χ2v) is 9.95. The average Bonchev–Trinajstić information content (AvgIpc) is 2.97. The number of carbonyl (C=O) groups excluding carboxylic acids is 3. The molecule has 0 bridgehead atoms. The normalized spacial score (nSPS) is 13.2. The summed E-state index contributed by atoms with van der Waals surface area (Å²) in [6.07, 6.45) is -0.559. The number of esters is 1. The maximum atomic E-state index is 12.6. The lowest BCUT2D eigenvalue weighted by atomic mass is 9.91. The average molecular weight is 531 g/mol. The van der Waals surface area contributed by atoms with Crippen molar-refractivity contribution in [3.05, 3.63) is 14.5 Å². The van der Waals surface area contributed by atoms with Crippen LogP contribution in [0.25, 0.3) is 6.08 Å². The molecule has 0 spiro atoms. The summed E-state index contributed by atoms with van der Waals surface area (Å²) >= 11 is 6.15. The Hall–Kier alpha value is -3.06. The number of nitrogens with zero attached hydrogens (tertiary/aromatic N) is 1. The van der Waals surface area contributed by atoms with E-state index in [9.17, 15) is 34.2 Å². The van der Waals surface area contributed by atoms with Gasteiger partial charge in [0.15, 0.2) is 10.1 Å². The highest BCUT2D eigenvalue weighted by Gasteiger charge is 2.29. The first kappa shape index (κ1) is 30.0. The molecule has 0 aliphatic heterocycles. The molecule has 1 aromatic heterocycles. The van der Waals surface area contributed by atoms with Gasteiger partial charge in [-0.25, -0.2) is 0 Å². The lowest BCUT2D eigenvalue weighted by Gasteiger charge is -2.21. The van der Waals surface area contributed by atoms with Gasteiger partial charge in [0, 0.05) is 25.1 Å². The molecule has 194 valence electrons. The van der Waals surface area contributed by atoms with E-state index in [2.05, 4.69) is 5.32 Å². The minimum absolute atomic E-state index is 0.0253. The summed E-state index contributed by atoms with van der Waals surface area (Å²) in [6, 6.07) is 0. The molecule has 1 aromatic rings. The second-order valence-electron chi connectivity index (χ2n) is 8.27. The summed E-state index contributed by atoms with van der Waals surface area (Å²) in [7, 11) is 0. The predicted octanol–water partition coefficient (Wildman–Crippen LogP) is 2.96. The Labute approximate surface area is 211 Å². The number of aliphatic carboxylic acids is 2. The number of aromatic hydroxyl groups is 1. The van der Waals surface area contributed by atoms with Gasteiger partial charge in [-0.15, -0.1) is 11.3 Å². The predicted molar refractivity (Wildman–Crippen MR) is 129 cm³/mol. The molecule has 2 unspecified atom stereocenters. The number of Topliss-reactive ketones (excluding diaryl/α,β-unsaturated/α-hetero) is 1. The summed E-state index contributed by atoms with van der Waals surface area (Å²) in [5.74, 6) is -5.15. The van der Waals surface area contributed by atoms with Crippen LogP contribution in [-0.4, -0.2) is 55.6 Å². The fourth-order valence-electron chi connectivity index (χ4n) is 3.02. The number of thiazole rings is 1. The molecule has 0 aliphatic rings. The number of nitrogens with one attached hydrogen (secondary N) is 1. The van der Waals surface area contributed by atoms with Crippen LogP contribution in [0.5, 0.6) is 5.88 Å². The third kappa shape index (κ3) is 9.99. The van der Waals surface area contributed by atoms with E-state index in [0.29, 0.717) is 0 Å². The van der Waals surface area contributed by atoms with Crippen molar-refractivity contribution < 1.29 is 44.0 Å². The maximum Gasteiger partial charge on any atom is 0.310 e. The Morgan fingerprint density at radius 1 is 1.14 bits per heavy atom. The lowest BCUT2D eigenvalue weighted by Crippen LogP contribution is -2.38. The minimum Gasteiger partial charge on any atom is -0.493 e. The van der Waals surface area contributed by atoms with Crippen molar-refractivity contribution >= 4 is 59.2 Å². The number of rotatable bonds is 14. The number of carboxylic acid groups (broad SMARTS) is 2. The standard InChI is InChI=1S/C22H30N2O9S2/c1-11(2)15(8-12(3)25)21(32)33-13(4)19(30)23-14(10-18(28)29)9-16-20(31)24(22(34)35-16)7-5-6-17(26)27/h9,11,13,15,31H,5-8,10H2,1-4H3,(H,23,30)(H,26,27)(H,28,29). The lowest BCUT2D eigenvalue weighted by molar-refractivity contribution is -0.160. The topological polar surface area (TPSA) is 172 Å². The van der Waals surface area contributed by atoms with Gasteiger partial charge >= 0.3 is 17.9 Å². The fourth-order valence-corrected chi connectivity index (χ4v) is 4.35. The molecule has 0 aliphatic carbocycles. The summed E-state index contributed by atoms with van der Waals surface area (Å²) in [6.45, 7) is 6.32. The molecule has 13 heteroatoms. The number of hydrogen-bond donors (Lipinski definition) is 4. The Morgan fingerprint density at radius 3 is 2.29 bits per heavy atom. The van der Waals surface area contributed by atoms with E-state index < -0.39 is 42.3 Å². The van der Waals surface area contributed by atoms with Gasteiger partial charge in [-0.3, -0.25) is 23.7 Å². The van der Waals surface area contributed by atoms with E-state index in [4.69, 9.17) is 22.1 Å². The number of ether oxygens (including phenoxy) is 1. The van der Waals surface area contributed by atoms with Gasteiger partial charge in [0.05, 0.1) is 17.2 Å². The summed E-state index contributed by atoms with van der Waals surface area (Å²) in [5, 5.41) is 30.9. The van der Waals surface area contributed by atoms with E-state index in [-0.39, 0.29) is 57.9 Å². The molecule has 35 heavy (non-hydrogen) atoms. The molecule has 0 aromatic carbocycles. The van der Waals surface area contributed by atoms with Gasteiger partial charge in [-0.2, -0.15) is 0 Å². The van der Waals surface area contributed by atoms with Gasteiger partial charge in [-0.1, -0.05) is 13.8 Å². The van der Waals surface area contributed by atoms with Crippen molar-refractivity contribution in [3.63, 3.8) is 0 Å². The van der Waals surface area contributed by atoms with Gasteiger partial charge in [0.1, 0.15) is 5.78 Å². The molecule has 2 atom stereocenters. The molecule has 1 rings (SSSR count). The van der Waals surface area contributed by atoms with Crippen LogP contribution in [0.1, 0.15) is 58.3 Å². The molecule has 0 saturated carbocycles. The SMILES string of the molecule is CC(=O)CC(C(=O)OC(C)C(=O)NC(=Cc1sc(=S)n(CCCC(=O)O)c1O)CC(=O)O)C(C)C. The van der Waals surface area contributed by atoms with Gasteiger partial charge in [0.2, 0.25) is 5.88 Å². The number of aromatic nitrogens is 1. The highest BCUT2D eigenvalue weighted by Crippen LogP contribution is 2.29. The van der Waals surface area contributed by atoms with Crippen molar-refractivity contribution in [1.29, 1.82) is 0 Å². The summed E-state index contributed by atoms with van der Waals surface area (Å²) in [5.41, 5.74) is -0.0845. The van der Waals surface area contributed by atoms with Crippen LogP contribution in [0.3, 0.4) is 0 Å². The Bertz CT molecular complexity index is 1060. The zero-order valence-electron chi connectivity index (χ0n) is 19.9. The van der Waals surface area contributed by atoms with Crippen molar-refractivity contribution in [2.45, 2.75) is 66.0 Å². The van der Waals surface area contributed by atoms with E-state index in [1.807, 2.05) is 0 Å².